The lowest BCUT2D eigenvalue weighted by Gasteiger charge is -2.02. The summed E-state index contributed by atoms with van der Waals surface area (Å²) in [5.41, 5.74) is -1.72. The zero-order valence-electron chi connectivity index (χ0n) is 18.9. The van der Waals surface area contributed by atoms with Crippen LogP contribution in [0.1, 0.15) is 20.7 Å². The Balaban J connectivity index is 1.68. The Bertz CT molecular complexity index is 1690. The average molecular weight is 484 g/mol. The van der Waals surface area contributed by atoms with Crippen molar-refractivity contribution in [2.24, 2.45) is 0 Å². The highest BCUT2D eigenvalue weighted by molar-refractivity contribution is 5.98. The van der Waals surface area contributed by atoms with E-state index in [4.69, 9.17) is 0 Å². The van der Waals surface area contributed by atoms with Crippen molar-refractivity contribution in [2.75, 3.05) is 14.2 Å². The molecule has 0 aliphatic heterocycles. The second kappa shape index (κ2) is 8.27. The van der Waals surface area contributed by atoms with E-state index in [0.29, 0.717) is 0 Å². The molecule has 0 unspecified atom stereocenters. The first-order chi connectivity index (χ1) is 17.3. The van der Waals surface area contributed by atoms with Crippen LogP contribution < -0.4 is 22.2 Å². The molecule has 5 aromatic rings. The number of nitrogens with zero attached hydrogens (tertiary/aromatic N) is 2. The summed E-state index contributed by atoms with van der Waals surface area (Å²) in [4.78, 5) is 75.8. The molecule has 0 N–H and O–H groups in total. The fraction of sp³-hybridized carbons (Fsp3) is 0.0769. The van der Waals surface area contributed by atoms with Gasteiger partial charge in [0.15, 0.2) is 0 Å². The molecule has 0 spiro atoms. The summed E-state index contributed by atoms with van der Waals surface area (Å²) in [5, 5.41) is -0.0562. The highest BCUT2D eigenvalue weighted by Crippen LogP contribution is 2.18. The first kappa shape index (κ1) is 22.7. The Morgan fingerprint density at radius 2 is 0.806 bits per heavy atom. The molecule has 2 heterocycles. The molecular formula is C26H16N2O8. The number of carbonyl (C=O) groups excluding carboxylic acids is 2. The van der Waals surface area contributed by atoms with Gasteiger partial charge in [0, 0.05) is 0 Å². The summed E-state index contributed by atoms with van der Waals surface area (Å²) >= 11 is 0. The number of ether oxygens (including phenoxy) is 2. The van der Waals surface area contributed by atoms with E-state index >= 15 is 0 Å². The molecule has 0 atom stereocenters. The maximum atomic E-state index is 13.1. The number of carbonyl (C=O) groups is 2. The number of aromatic nitrogens is 2. The lowest BCUT2D eigenvalue weighted by atomic mass is 10.1. The van der Waals surface area contributed by atoms with Crippen molar-refractivity contribution in [1.82, 2.24) is 9.13 Å². The number of benzene rings is 3. The van der Waals surface area contributed by atoms with E-state index in [1.165, 1.54) is 74.9 Å². The minimum absolute atomic E-state index is 0.0140. The summed E-state index contributed by atoms with van der Waals surface area (Å²) in [6.07, 6.45) is 0. The lowest BCUT2D eigenvalue weighted by molar-refractivity contribution is 0.0592. The van der Waals surface area contributed by atoms with Gasteiger partial charge in [0.2, 0.25) is 0 Å². The molecule has 178 valence electrons. The van der Waals surface area contributed by atoms with Crippen LogP contribution in [-0.4, -0.2) is 35.3 Å². The standard InChI is InChI=1S/C26H16N2O8/c1-35-25(33)13-3-7-15(8-4-13)27-21(29)17-11-19-20(12-18(17)22(27)30)24(32)28(23(19)31)16-9-5-14(6-10-16)26(34)36-2/h3-12H,1-2H3. The molecule has 0 saturated carbocycles. The van der Waals surface area contributed by atoms with E-state index < -0.39 is 34.2 Å². The third-order valence-corrected chi connectivity index (χ3v) is 5.98. The molecule has 0 bridgehead atoms. The van der Waals surface area contributed by atoms with Gasteiger partial charge in [0.25, 0.3) is 22.2 Å². The second-order valence-electron chi connectivity index (χ2n) is 7.91. The van der Waals surface area contributed by atoms with Crippen molar-refractivity contribution in [3.05, 3.63) is 113 Å². The summed E-state index contributed by atoms with van der Waals surface area (Å²) in [5.74, 6) is -1.14. The normalized spacial score (nSPS) is 11.2. The molecular weight excluding hydrogens is 468 g/mol. The first-order valence-electron chi connectivity index (χ1n) is 10.6. The smallest absolute Gasteiger partial charge is 0.337 e. The van der Waals surface area contributed by atoms with Crippen molar-refractivity contribution >= 4 is 33.5 Å². The summed E-state index contributed by atoms with van der Waals surface area (Å²) in [6, 6.07) is 13.9. The fourth-order valence-electron chi connectivity index (χ4n) is 4.17. The predicted molar refractivity (Wildman–Crippen MR) is 130 cm³/mol. The van der Waals surface area contributed by atoms with Gasteiger partial charge in [-0.1, -0.05) is 0 Å². The van der Waals surface area contributed by atoms with Gasteiger partial charge in [-0.15, -0.1) is 0 Å². The molecule has 0 aliphatic rings. The van der Waals surface area contributed by atoms with Crippen molar-refractivity contribution in [1.29, 1.82) is 0 Å². The Labute approximate surface area is 200 Å². The van der Waals surface area contributed by atoms with Crippen molar-refractivity contribution < 1.29 is 19.1 Å². The quantitative estimate of drug-likeness (QED) is 0.351. The molecule has 0 fully saturated rings. The van der Waals surface area contributed by atoms with Crippen LogP contribution in [0.4, 0.5) is 0 Å². The van der Waals surface area contributed by atoms with Crippen LogP contribution >= 0.6 is 0 Å². The van der Waals surface area contributed by atoms with Crippen LogP contribution in [0.5, 0.6) is 0 Å². The topological polar surface area (TPSA) is 131 Å². The maximum Gasteiger partial charge on any atom is 0.337 e. The Hall–Kier alpha value is -5.12. The highest BCUT2D eigenvalue weighted by Gasteiger charge is 2.21. The molecule has 5 rings (SSSR count). The lowest BCUT2D eigenvalue weighted by Crippen LogP contribution is -2.24. The van der Waals surface area contributed by atoms with Crippen LogP contribution in [0, 0.1) is 0 Å². The highest BCUT2D eigenvalue weighted by atomic mass is 16.5. The van der Waals surface area contributed by atoms with Crippen LogP contribution in [0.15, 0.2) is 79.8 Å². The van der Waals surface area contributed by atoms with E-state index in [1.807, 2.05) is 0 Å². The molecule has 0 aliphatic carbocycles. The zero-order chi connectivity index (χ0) is 25.7. The molecule has 10 nitrogen and oxygen atoms in total. The number of esters is 2. The third-order valence-electron chi connectivity index (χ3n) is 5.98. The molecule has 0 amide bonds. The third kappa shape index (κ3) is 3.27. The Kier molecular flexibility index (Phi) is 5.21. The van der Waals surface area contributed by atoms with Crippen LogP contribution in [0.3, 0.4) is 0 Å². The predicted octanol–water partition coefficient (Wildman–Crippen LogP) is 1.46. The van der Waals surface area contributed by atoms with E-state index in [9.17, 15) is 28.8 Å². The molecule has 10 heteroatoms. The fourth-order valence-corrected chi connectivity index (χ4v) is 4.17. The first-order valence-corrected chi connectivity index (χ1v) is 10.6. The van der Waals surface area contributed by atoms with Gasteiger partial charge >= 0.3 is 11.9 Å². The van der Waals surface area contributed by atoms with E-state index in [1.54, 1.807) is 0 Å². The van der Waals surface area contributed by atoms with Gasteiger partial charge in [-0.2, -0.15) is 0 Å². The number of rotatable bonds is 4. The van der Waals surface area contributed by atoms with Gasteiger partial charge in [0.1, 0.15) is 0 Å². The molecule has 3 aromatic carbocycles. The molecule has 0 radical (unpaired) electrons. The second-order valence-corrected chi connectivity index (χ2v) is 7.91. The number of fused-ring (bicyclic) bond motifs is 2. The molecule has 2 aromatic heterocycles. The minimum Gasteiger partial charge on any atom is -0.465 e. The number of hydrogen-bond acceptors (Lipinski definition) is 8. The van der Waals surface area contributed by atoms with Crippen LogP contribution in [0.25, 0.3) is 32.9 Å². The monoisotopic (exact) mass is 484 g/mol. The van der Waals surface area contributed by atoms with E-state index in [0.717, 1.165) is 9.13 Å². The molecule has 0 saturated heterocycles. The van der Waals surface area contributed by atoms with Gasteiger partial charge in [-0.3, -0.25) is 19.2 Å². The van der Waals surface area contributed by atoms with E-state index in [2.05, 4.69) is 9.47 Å². The van der Waals surface area contributed by atoms with Gasteiger partial charge < -0.3 is 9.47 Å². The van der Waals surface area contributed by atoms with Crippen molar-refractivity contribution in [3.8, 4) is 11.4 Å². The molecule has 36 heavy (non-hydrogen) atoms. The van der Waals surface area contributed by atoms with Gasteiger partial charge in [-0.25, -0.2) is 18.7 Å². The van der Waals surface area contributed by atoms with Gasteiger partial charge in [0.05, 0.1) is 58.3 Å². The zero-order valence-corrected chi connectivity index (χ0v) is 18.9. The maximum absolute atomic E-state index is 13.1. The Morgan fingerprint density at radius 3 is 1.06 bits per heavy atom. The largest absolute Gasteiger partial charge is 0.465 e. The Morgan fingerprint density at radius 1 is 0.528 bits per heavy atom. The summed E-state index contributed by atoms with van der Waals surface area (Å²) in [6.45, 7) is 0. The minimum atomic E-state index is -0.662. The van der Waals surface area contributed by atoms with Crippen LogP contribution in [0.2, 0.25) is 0 Å². The summed E-state index contributed by atoms with van der Waals surface area (Å²) in [7, 11) is 2.47. The number of hydrogen-bond donors (Lipinski definition) is 0. The van der Waals surface area contributed by atoms with Crippen molar-refractivity contribution in [2.45, 2.75) is 0 Å². The summed E-state index contributed by atoms with van der Waals surface area (Å²) < 4.78 is 11.1. The SMILES string of the molecule is COC(=O)c1ccc(-n2c(=O)c3cc4c(=O)n(-c5ccc(C(=O)OC)cc5)c(=O)c4cc3c2=O)cc1. The van der Waals surface area contributed by atoms with E-state index in [-0.39, 0.29) is 44.0 Å². The average Bonchev–Trinajstić information content (AvgIpc) is 3.30. The van der Waals surface area contributed by atoms with Crippen LogP contribution in [-0.2, 0) is 9.47 Å². The van der Waals surface area contributed by atoms with Gasteiger partial charge in [-0.05, 0) is 60.7 Å². The van der Waals surface area contributed by atoms with Crippen molar-refractivity contribution in [3.63, 3.8) is 0 Å². The number of methoxy groups -OCH3 is 2.